The molecule has 1 unspecified atom stereocenters. The lowest BCUT2D eigenvalue weighted by atomic mass is 10.0. The Morgan fingerprint density at radius 3 is 2.58 bits per heavy atom. The molecule has 1 atom stereocenters. The molecule has 0 aliphatic heterocycles. The van der Waals surface area contributed by atoms with E-state index in [2.05, 4.69) is 20.8 Å². The molecule has 8 heteroatoms. The van der Waals surface area contributed by atoms with Gasteiger partial charge in [0.05, 0.1) is 6.26 Å². The van der Waals surface area contributed by atoms with Crippen molar-refractivity contribution in [1.82, 2.24) is 20.8 Å². The smallest absolute Gasteiger partial charge is 0.287 e. The van der Waals surface area contributed by atoms with E-state index in [1.807, 2.05) is 27.7 Å². The molecule has 0 bridgehead atoms. The Kier molecular flexibility index (Phi) is 6.94. The molecule has 0 spiro atoms. The molecular formula is C18H26N4O4. The Hall–Kier alpha value is -2.64. The van der Waals surface area contributed by atoms with Gasteiger partial charge in [0.25, 0.3) is 5.91 Å². The number of hydrogen-bond donors (Lipinski definition) is 2. The van der Waals surface area contributed by atoms with E-state index in [4.69, 9.17) is 8.94 Å². The van der Waals surface area contributed by atoms with E-state index in [-0.39, 0.29) is 23.5 Å². The number of nitrogens with zero attached hydrogens (tertiary/aromatic N) is 2. The summed E-state index contributed by atoms with van der Waals surface area (Å²) in [6, 6.07) is 2.55. The minimum Gasteiger partial charge on any atom is -0.459 e. The first-order valence-electron chi connectivity index (χ1n) is 8.83. The van der Waals surface area contributed by atoms with Crippen molar-refractivity contribution in [1.29, 1.82) is 0 Å². The van der Waals surface area contributed by atoms with Crippen molar-refractivity contribution in [2.45, 2.75) is 52.5 Å². The van der Waals surface area contributed by atoms with Crippen molar-refractivity contribution in [3.05, 3.63) is 35.9 Å². The van der Waals surface area contributed by atoms with Crippen LogP contribution in [0.5, 0.6) is 0 Å². The number of aryl methyl sites for hydroxylation is 1. The van der Waals surface area contributed by atoms with E-state index in [1.54, 1.807) is 12.1 Å². The van der Waals surface area contributed by atoms with Gasteiger partial charge in [0.15, 0.2) is 11.6 Å². The third kappa shape index (κ3) is 5.44. The average molecular weight is 362 g/mol. The molecular weight excluding hydrogens is 336 g/mol. The molecule has 0 aliphatic carbocycles. The normalized spacial score (nSPS) is 12.4. The van der Waals surface area contributed by atoms with Crippen molar-refractivity contribution < 1.29 is 18.5 Å². The van der Waals surface area contributed by atoms with Gasteiger partial charge in [-0.1, -0.05) is 32.9 Å². The maximum absolute atomic E-state index is 12.4. The predicted octanol–water partition coefficient (Wildman–Crippen LogP) is 2.29. The zero-order chi connectivity index (χ0) is 19.1. The zero-order valence-electron chi connectivity index (χ0n) is 15.6. The molecule has 0 radical (unpaired) electrons. The Balaban J connectivity index is 1.79. The molecule has 2 amide bonds. The summed E-state index contributed by atoms with van der Waals surface area (Å²) in [6.45, 7) is 8.20. The number of aromatic nitrogens is 2. The summed E-state index contributed by atoms with van der Waals surface area (Å²) in [5.74, 6) is 0.958. The number of amides is 2. The van der Waals surface area contributed by atoms with Crippen LogP contribution in [0.4, 0.5) is 0 Å². The second-order valence-corrected chi connectivity index (χ2v) is 6.77. The van der Waals surface area contributed by atoms with Gasteiger partial charge in [0.2, 0.25) is 11.8 Å². The topological polar surface area (TPSA) is 110 Å². The maximum Gasteiger partial charge on any atom is 0.287 e. The number of carbonyl (C=O) groups excluding carboxylic acids is 2. The molecule has 8 nitrogen and oxygen atoms in total. The largest absolute Gasteiger partial charge is 0.459 e. The molecule has 2 aromatic heterocycles. The van der Waals surface area contributed by atoms with Gasteiger partial charge in [0.1, 0.15) is 6.04 Å². The van der Waals surface area contributed by atoms with Crippen LogP contribution in [0, 0.1) is 5.92 Å². The van der Waals surface area contributed by atoms with Crippen molar-refractivity contribution in [2.24, 2.45) is 5.92 Å². The quantitative estimate of drug-likeness (QED) is 0.662. The van der Waals surface area contributed by atoms with E-state index in [0.29, 0.717) is 31.1 Å². The van der Waals surface area contributed by atoms with Crippen LogP contribution in [0.3, 0.4) is 0 Å². The highest BCUT2D eigenvalue weighted by Crippen LogP contribution is 2.10. The fraction of sp³-hybridized carbons (Fsp3) is 0.556. The number of rotatable bonds is 9. The van der Waals surface area contributed by atoms with Gasteiger partial charge in [-0.3, -0.25) is 9.59 Å². The van der Waals surface area contributed by atoms with Crippen LogP contribution in [-0.4, -0.2) is 34.5 Å². The second kappa shape index (κ2) is 9.17. The number of nitrogens with one attached hydrogen (secondary N) is 2. The van der Waals surface area contributed by atoms with Crippen LogP contribution >= 0.6 is 0 Å². The Morgan fingerprint density at radius 1 is 1.23 bits per heavy atom. The predicted molar refractivity (Wildman–Crippen MR) is 94.5 cm³/mol. The van der Waals surface area contributed by atoms with Crippen molar-refractivity contribution in [3.63, 3.8) is 0 Å². The first-order chi connectivity index (χ1) is 12.4. The summed E-state index contributed by atoms with van der Waals surface area (Å²) < 4.78 is 10.2. The summed E-state index contributed by atoms with van der Waals surface area (Å²) in [5.41, 5.74) is 0. The lowest BCUT2D eigenvalue weighted by molar-refractivity contribution is -0.123. The summed E-state index contributed by atoms with van der Waals surface area (Å²) in [6.07, 6.45) is 2.68. The molecule has 2 aromatic rings. The fourth-order valence-electron chi connectivity index (χ4n) is 2.32. The standard InChI is InChI=1S/C18H26N4O4/c1-11(2)15(21-17(23)13-7-6-10-25-13)18(24)19-9-5-8-14-20-16(12(3)4)22-26-14/h6-7,10-12,15H,5,8-9H2,1-4H3,(H,19,24)(H,21,23). The molecule has 142 valence electrons. The maximum atomic E-state index is 12.4. The summed E-state index contributed by atoms with van der Waals surface area (Å²) in [4.78, 5) is 28.8. The van der Waals surface area contributed by atoms with Gasteiger partial charge < -0.3 is 19.6 Å². The Morgan fingerprint density at radius 2 is 2.00 bits per heavy atom. The third-order valence-corrected chi connectivity index (χ3v) is 3.85. The lowest BCUT2D eigenvalue weighted by Crippen LogP contribution is -2.49. The Labute approximate surface area is 152 Å². The van der Waals surface area contributed by atoms with Crippen LogP contribution in [0.2, 0.25) is 0 Å². The van der Waals surface area contributed by atoms with Crippen LogP contribution in [-0.2, 0) is 11.2 Å². The minimum absolute atomic E-state index is 0.0570. The van der Waals surface area contributed by atoms with E-state index in [0.717, 1.165) is 0 Å². The first kappa shape index (κ1) is 19.7. The molecule has 2 heterocycles. The van der Waals surface area contributed by atoms with Crippen molar-refractivity contribution in [3.8, 4) is 0 Å². The van der Waals surface area contributed by atoms with E-state index < -0.39 is 11.9 Å². The molecule has 26 heavy (non-hydrogen) atoms. The second-order valence-electron chi connectivity index (χ2n) is 6.77. The molecule has 2 N–H and O–H groups in total. The zero-order valence-corrected chi connectivity index (χ0v) is 15.6. The van der Waals surface area contributed by atoms with Crippen molar-refractivity contribution in [2.75, 3.05) is 6.54 Å². The van der Waals surface area contributed by atoms with Gasteiger partial charge in [-0.05, 0) is 24.5 Å². The number of hydrogen-bond acceptors (Lipinski definition) is 6. The molecule has 2 rings (SSSR count). The molecule has 0 saturated heterocycles. The fourth-order valence-corrected chi connectivity index (χ4v) is 2.32. The lowest BCUT2D eigenvalue weighted by Gasteiger charge is -2.21. The Bertz CT molecular complexity index is 707. The third-order valence-electron chi connectivity index (χ3n) is 3.85. The van der Waals surface area contributed by atoms with Gasteiger partial charge in [-0.2, -0.15) is 4.98 Å². The first-order valence-corrected chi connectivity index (χ1v) is 8.83. The van der Waals surface area contributed by atoms with Crippen molar-refractivity contribution >= 4 is 11.8 Å². The molecule has 0 aliphatic rings. The minimum atomic E-state index is -0.636. The number of carbonyl (C=O) groups is 2. The van der Waals surface area contributed by atoms with Gasteiger partial charge in [-0.15, -0.1) is 0 Å². The SMILES string of the molecule is CC(C)c1noc(CCCNC(=O)C(NC(=O)c2ccco2)C(C)C)n1. The summed E-state index contributed by atoms with van der Waals surface area (Å²) in [5, 5.41) is 9.46. The van der Waals surface area contributed by atoms with E-state index >= 15 is 0 Å². The van der Waals surface area contributed by atoms with Crippen LogP contribution in [0.25, 0.3) is 0 Å². The highest BCUT2D eigenvalue weighted by atomic mass is 16.5. The van der Waals surface area contributed by atoms with Crippen LogP contribution in [0.1, 0.15) is 62.3 Å². The summed E-state index contributed by atoms with van der Waals surface area (Å²) >= 11 is 0. The van der Waals surface area contributed by atoms with E-state index in [1.165, 1.54) is 6.26 Å². The van der Waals surface area contributed by atoms with Gasteiger partial charge in [-0.25, -0.2) is 0 Å². The summed E-state index contributed by atoms with van der Waals surface area (Å²) in [7, 11) is 0. The van der Waals surface area contributed by atoms with Gasteiger partial charge in [0, 0.05) is 18.9 Å². The van der Waals surface area contributed by atoms with E-state index in [9.17, 15) is 9.59 Å². The number of furan rings is 1. The molecule has 0 fully saturated rings. The van der Waals surface area contributed by atoms with Crippen LogP contribution < -0.4 is 10.6 Å². The molecule has 0 aromatic carbocycles. The van der Waals surface area contributed by atoms with Gasteiger partial charge >= 0.3 is 0 Å². The average Bonchev–Trinajstić information content (AvgIpc) is 3.27. The van der Waals surface area contributed by atoms with Crippen LogP contribution in [0.15, 0.2) is 27.3 Å². The highest BCUT2D eigenvalue weighted by molar-refractivity contribution is 5.95. The highest BCUT2D eigenvalue weighted by Gasteiger charge is 2.25. The molecule has 0 saturated carbocycles. The monoisotopic (exact) mass is 362 g/mol.